The van der Waals surface area contributed by atoms with E-state index in [4.69, 9.17) is 17.3 Å². The number of aromatic nitrogens is 2. The second-order valence-corrected chi connectivity index (χ2v) is 4.28. The van der Waals surface area contributed by atoms with Crippen LogP contribution in [0.5, 0.6) is 0 Å². The number of carbonyl (C=O) groups is 1. The van der Waals surface area contributed by atoms with Gasteiger partial charge in [-0.05, 0) is 25.1 Å². The first-order valence-electron chi connectivity index (χ1n) is 5.60. The van der Waals surface area contributed by atoms with Crippen molar-refractivity contribution in [3.8, 4) is 0 Å². The minimum atomic E-state index is -0.605. The summed E-state index contributed by atoms with van der Waals surface area (Å²) >= 11 is 5.56. The van der Waals surface area contributed by atoms with E-state index in [0.717, 1.165) is 6.07 Å². The maximum Gasteiger partial charge on any atom is 0.278 e. The van der Waals surface area contributed by atoms with Gasteiger partial charge in [-0.2, -0.15) is 5.10 Å². The van der Waals surface area contributed by atoms with Gasteiger partial charge in [-0.3, -0.25) is 9.48 Å². The average Bonchev–Trinajstić information content (AvgIpc) is 2.75. The SMILES string of the molecule is CCn1cc(N)c(C(=O)Nc2ccc(Cl)c(F)c2)n1. The third-order valence-electron chi connectivity index (χ3n) is 2.51. The van der Waals surface area contributed by atoms with Crippen molar-refractivity contribution in [2.75, 3.05) is 11.1 Å². The van der Waals surface area contributed by atoms with Gasteiger partial charge in [-0.25, -0.2) is 4.39 Å². The molecule has 100 valence electrons. The third kappa shape index (κ3) is 2.85. The number of nitrogens with two attached hydrogens (primary N) is 1. The summed E-state index contributed by atoms with van der Waals surface area (Å²) in [6, 6.07) is 3.99. The number of nitrogens with one attached hydrogen (secondary N) is 1. The standard InChI is InChI=1S/C12H12ClFN4O/c1-2-18-6-10(15)11(17-18)12(19)16-7-3-4-8(13)9(14)5-7/h3-6H,2,15H2,1H3,(H,16,19). The molecule has 0 saturated carbocycles. The number of amides is 1. The van der Waals surface area contributed by atoms with E-state index < -0.39 is 11.7 Å². The molecule has 7 heteroatoms. The Balaban J connectivity index is 2.20. The van der Waals surface area contributed by atoms with Crippen molar-refractivity contribution in [2.24, 2.45) is 0 Å². The fourth-order valence-electron chi connectivity index (χ4n) is 1.54. The van der Waals surface area contributed by atoms with Crippen LogP contribution in [0, 0.1) is 5.82 Å². The number of hydrogen-bond acceptors (Lipinski definition) is 3. The van der Waals surface area contributed by atoms with Gasteiger partial charge in [0, 0.05) is 18.4 Å². The van der Waals surface area contributed by atoms with E-state index >= 15 is 0 Å². The number of aryl methyl sites for hydroxylation is 1. The molecule has 0 atom stereocenters. The zero-order valence-corrected chi connectivity index (χ0v) is 10.9. The van der Waals surface area contributed by atoms with Gasteiger partial charge in [0.2, 0.25) is 0 Å². The van der Waals surface area contributed by atoms with Crippen molar-refractivity contribution >= 4 is 28.9 Å². The highest BCUT2D eigenvalue weighted by molar-refractivity contribution is 6.30. The number of rotatable bonds is 3. The molecule has 0 aliphatic carbocycles. The van der Waals surface area contributed by atoms with Gasteiger partial charge < -0.3 is 11.1 Å². The molecule has 0 bridgehead atoms. The smallest absolute Gasteiger partial charge is 0.278 e. The molecular weight excluding hydrogens is 271 g/mol. The van der Waals surface area contributed by atoms with E-state index in [-0.39, 0.29) is 22.1 Å². The van der Waals surface area contributed by atoms with Crippen LogP contribution in [0.3, 0.4) is 0 Å². The van der Waals surface area contributed by atoms with Crippen LogP contribution in [0.25, 0.3) is 0 Å². The molecule has 1 aromatic carbocycles. The number of carbonyl (C=O) groups excluding carboxylic acids is 1. The second-order valence-electron chi connectivity index (χ2n) is 3.87. The van der Waals surface area contributed by atoms with Crippen LogP contribution in [0.15, 0.2) is 24.4 Å². The lowest BCUT2D eigenvalue weighted by Gasteiger charge is -2.04. The summed E-state index contributed by atoms with van der Waals surface area (Å²) in [5.41, 5.74) is 6.36. The lowest BCUT2D eigenvalue weighted by atomic mass is 10.3. The summed E-state index contributed by atoms with van der Waals surface area (Å²) < 4.78 is 14.8. The normalized spacial score (nSPS) is 10.5. The Morgan fingerprint density at radius 3 is 2.89 bits per heavy atom. The maximum absolute atomic E-state index is 13.2. The second kappa shape index (κ2) is 5.27. The molecule has 1 amide bonds. The van der Waals surface area contributed by atoms with Gasteiger partial charge >= 0.3 is 0 Å². The molecule has 5 nitrogen and oxygen atoms in total. The fourth-order valence-corrected chi connectivity index (χ4v) is 1.66. The summed E-state index contributed by atoms with van der Waals surface area (Å²) in [6.45, 7) is 2.48. The molecule has 0 fully saturated rings. The minimum Gasteiger partial charge on any atom is -0.396 e. The van der Waals surface area contributed by atoms with Gasteiger partial charge in [0.25, 0.3) is 5.91 Å². The van der Waals surface area contributed by atoms with Crippen molar-refractivity contribution in [1.82, 2.24) is 9.78 Å². The average molecular weight is 283 g/mol. The lowest BCUT2D eigenvalue weighted by molar-refractivity contribution is 0.102. The van der Waals surface area contributed by atoms with Crippen LogP contribution < -0.4 is 11.1 Å². The molecule has 0 unspecified atom stereocenters. The summed E-state index contributed by atoms with van der Waals surface area (Å²) in [7, 11) is 0. The molecule has 0 spiro atoms. The number of hydrogen-bond donors (Lipinski definition) is 2. The molecule has 2 rings (SSSR count). The first kappa shape index (κ1) is 13.4. The number of nitrogen functional groups attached to an aromatic ring is 1. The Labute approximate surface area is 114 Å². The first-order valence-corrected chi connectivity index (χ1v) is 5.98. The van der Waals surface area contributed by atoms with Crippen LogP contribution >= 0.6 is 11.6 Å². The zero-order chi connectivity index (χ0) is 14.0. The van der Waals surface area contributed by atoms with Crippen LogP contribution in [0.2, 0.25) is 5.02 Å². The summed E-state index contributed by atoms with van der Waals surface area (Å²) in [5, 5.41) is 6.53. The molecular formula is C12H12ClFN4O. The van der Waals surface area contributed by atoms with Gasteiger partial charge in [0.15, 0.2) is 5.69 Å². The molecule has 3 N–H and O–H groups in total. The molecule has 0 aliphatic rings. The predicted molar refractivity (Wildman–Crippen MR) is 71.7 cm³/mol. The first-order chi connectivity index (χ1) is 9.01. The van der Waals surface area contributed by atoms with E-state index in [1.54, 1.807) is 10.9 Å². The van der Waals surface area contributed by atoms with Crippen LogP contribution in [-0.2, 0) is 6.54 Å². The van der Waals surface area contributed by atoms with Crippen molar-refractivity contribution in [3.63, 3.8) is 0 Å². The van der Waals surface area contributed by atoms with E-state index in [0.29, 0.717) is 6.54 Å². The summed E-state index contributed by atoms with van der Waals surface area (Å²) in [4.78, 5) is 11.9. The van der Waals surface area contributed by atoms with E-state index in [2.05, 4.69) is 10.4 Å². The topological polar surface area (TPSA) is 72.9 Å². The summed E-state index contributed by atoms with van der Waals surface area (Å²) in [6.07, 6.45) is 1.57. The van der Waals surface area contributed by atoms with Gasteiger partial charge in [-0.1, -0.05) is 11.6 Å². The fraction of sp³-hybridized carbons (Fsp3) is 0.167. The van der Waals surface area contributed by atoms with Crippen molar-refractivity contribution in [2.45, 2.75) is 13.5 Å². The third-order valence-corrected chi connectivity index (χ3v) is 2.81. The quantitative estimate of drug-likeness (QED) is 0.908. The Morgan fingerprint density at radius 2 is 2.32 bits per heavy atom. The van der Waals surface area contributed by atoms with Crippen LogP contribution in [-0.4, -0.2) is 15.7 Å². The molecule has 0 saturated heterocycles. The molecule has 1 aromatic heterocycles. The lowest BCUT2D eigenvalue weighted by Crippen LogP contribution is -2.14. The number of benzene rings is 1. The Morgan fingerprint density at radius 1 is 1.58 bits per heavy atom. The van der Waals surface area contributed by atoms with Crippen molar-refractivity contribution in [1.29, 1.82) is 0 Å². The molecule has 1 heterocycles. The summed E-state index contributed by atoms with van der Waals surface area (Å²) in [5.74, 6) is -1.10. The van der Waals surface area contributed by atoms with E-state index in [1.165, 1.54) is 12.1 Å². The monoisotopic (exact) mass is 282 g/mol. The molecule has 19 heavy (non-hydrogen) atoms. The highest BCUT2D eigenvalue weighted by atomic mass is 35.5. The zero-order valence-electron chi connectivity index (χ0n) is 10.2. The van der Waals surface area contributed by atoms with Gasteiger partial charge in [-0.15, -0.1) is 0 Å². The predicted octanol–water partition coefficient (Wildman–Crippen LogP) is 2.53. The van der Waals surface area contributed by atoms with Crippen LogP contribution in [0.4, 0.5) is 15.8 Å². The van der Waals surface area contributed by atoms with Gasteiger partial charge in [0.05, 0.1) is 10.7 Å². The Bertz CT molecular complexity index is 626. The van der Waals surface area contributed by atoms with Crippen molar-refractivity contribution < 1.29 is 9.18 Å². The highest BCUT2D eigenvalue weighted by Crippen LogP contribution is 2.19. The van der Waals surface area contributed by atoms with E-state index in [1.807, 2.05) is 6.92 Å². The van der Waals surface area contributed by atoms with Crippen LogP contribution in [0.1, 0.15) is 17.4 Å². The number of nitrogens with zero attached hydrogens (tertiary/aromatic N) is 2. The number of anilines is 2. The van der Waals surface area contributed by atoms with Crippen molar-refractivity contribution in [3.05, 3.63) is 40.9 Å². The maximum atomic E-state index is 13.2. The number of halogens is 2. The Kier molecular flexibility index (Phi) is 3.71. The molecule has 0 aliphatic heterocycles. The Hall–Kier alpha value is -2.08. The highest BCUT2D eigenvalue weighted by Gasteiger charge is 2.15. The largest absolute Gasteiger partial charge is 0.396 e. The minimum absolute atomic E-state index is 0.00669. The van der Waals surface area contributed by atoms with E-state index in [9.17, 15) is 9.18 Å². The van der Waals surface area contributed by atoms with Gasteiger partial charge in [0.1, 0.15) is 5.82 Å². The molecule has 2 aromatic rings. The molecule has 0 radical (unpaired) electrons.